The van der Waals surface area contributed by atoms with Crippen molar-refractivity contribution in [1.82, 2.24) is 20.4 Å². The van der Waals surface area contributed by atoms with Gasteiger partial charge in [0, 0.05) is 49.4 Å². The Morgan fingerprint density at radius 1 is 1.16 bits per heavy atom. The van der Waals surface area contributed by atoms with Crippen LogP contribution in [0, 0.1) is 5.92 Å². The number of benzene rings is 1. The van der Waals surface area contributed by atoms with Crippen molar-refractivity contribution >= 4 is 33.7 Å². The fourth-order valence-corrected chi connectivity index (χ4v) is 5.26. The summed E-state index contributed by atoms with van der Waals surface area (Å²) in [5.74, 6) is 0.856. The molecule has 2 aromatic heterocycles. The fraction of sp³-hybridized carbons (Fsp3) is 0.524. The third-order valence-corrected chi connectivity index (χ3v) is 7.13. The van der Waals surface area contributed by atoms with Crippen LogP contribution in [-0.2, 0) is 11.3 Å². The first-order valence-electron chi connectivity index (χ1n) is 10.7. The number of piperidine rings is 1. The highest BCUT2D eigenvalue weighted by Gasteiger charge is 2.30. The highest BCUT2D eigenvalue weighted by molar-refractivity contribution is 7.11. The summed E-state index contributed by atoms with van der Waals surface area (Å²) in [4.78, 5) is 9.57. The van der Waals surface area contributed by atoms with Crippen molar-refractivity contribution in [3.8, 4) is 0 Å². The standard InChI is InChI=1S/C21H26N6O3S/c28-13-16-11-22-21(31-16)19(29)14-2-1-5-27(12-14)20-17-4-3-15(10-18(17)23-25-24-20)26-6-8-30-9-7-26/h3-4,10-11,14,19,28-29H,1-2,5-9,12-13H2. The number of aliphatic hydroxyl groups excluding tert-OH is 2. The van der Waals surface area contributed by atoms with Crippen LogP contribution in [0.3, 0.4) is 0 Å². The molecule has 0 amide bonds. The second kappa shape index (κ2) is 8.99. The normalized spacial score (nSPS) is 20.9. The van der Waals surface area contributed by atoms with E-state index in [4.69, 9.17) is 4.74 Å². The smallest absolute Gasteiger partial charge is 0.162 e. The van der Waals surface area contributed by atoms with Gasteiger partial charge in [0.05, 0.1) is 24.7 Å². The van der Waals surface area contributed by atoms with Crippen molar-refractivity contribution in [2.75, 3.05) is 49.2 Å². The van der Waals surface area contributed by atoms with Crippen LogP contribution in [0.4, 0.5) is 11.5 Å². The zero-order valence-corrected chi connectivity index (χ0v) is 18.0. The lowest BCUT2D eigenvalue weighted by molar-refractivity contribution is 0.0977. The van der Waals surface area contributed by atoms with E-state index in [2.05, 4.69) is 48.4 Å². The first kappa shape index (κ1) is 20.5. The predicted octanol–water partition coefficient (Wildman–Crippen LogP) is 1.76. The molecule has 0 radical (unpaired) electrons. The van der Waals surface area contributed by atoms with Gasteiger partial charge in [0.2, 0.25) is 0 Å². The Morgan fingerprint density at radius 3 is 2.84 bits per heavy atom. The number of ether oxygens (including phenoxy) is 1. The SMILES string of the molecule is OCc1cnc(C(O)C2CCCN(c3nnnc4cc(N5CCOCC5)ccc34)C2)s1. The molecule has 164 valence electrons. The fourth-order valence-electron chi connectivity index (χ4n) is 4.40. The van der Waals surface area contributed by atoms with E-state index in [1.165, 1.54) is 11.3 Å². The minimum absolute atomic E-state index is 0.0454. The molecule has 0 saturated carbocycles. The van der Waals surface area contributed by atoms with E-state index in [-0.39, 0.29) is 12.5 Å². The van der Waals surface area contributed by atoms with Gasteiger partial charge in [-0.25, -0.2) is 4.98 Å². The van der Waals surface area contributed by atoms with Gasteiger partial charge in [0.15, 0.2) is 5.82 Å². The molecule has 4 heterocycles. The molecule has 2 atom stereocenters. The molecule has 2 aliphatic heterocycles. The Morgan fingerprint density at radius 2 is 2.03 bits per heavy atom. The van der Waals surface area contributed by atoms with Crippen molar-refractivity contribution in [1.29, 1.82) is 0 Å². The van der Waals surface area contributed by atoms with Crippen molar-refractivity contribution in [3.05, 3.63) is 34.3 Å². The number of aliphatic hydroxyl groups is 2. The van der Waals surface area contributed by atoms with Gasteiger partial charge >= 0.3 is 0 Å². The first-order chi connectivity index (χ1) is 15.2. The molecule has 31 heavy (non-hydrogen) atoms. The van der Waals surface area contributed by atoms with Crippen LogP contribution in [0.5, 0.6) is 0 Å². The van der Waals surface area contributed by atoms with E-state index in [0.717, 1.165) is 73.0 Å². The largest absolute Gasteiger partial charge is 0.391 e. The minimum atomic E-state index is -0.651. The number of fused-ring (bicyclic) bond motifs is 1. The van der Waals surface area contributed by atoms with E-state index in [1.54, 1.807) is 6.20 Å². The van der Waals surface area contributed by atoms with E-state index in [9.17, 15) is 10.2 Å². The third kappa shape index (κ3) is 4.20. The van der Waals surface area contributed by atoms with Crippen molar-refractivity contribution in [3.63, 3.8) is 0 Å². The highest BCUT2D eigenvalue weighted by Crippen LogP contribution is 2.35. The maximum atomic E-state index is 10.9. The minimum Gasteiger partial charge on any atom is -0.391 e. The van der Waals surface area contributed by atoms with E-state index in [0.29, 0.717) is 11.6 Å². The van der Waals surface area contributed by atoms with Crippen LogP contribution in [0.15, 0.2) is 24.4 Å². The second-order valence-electron chi connectivity index (χ2n) is 8.03. The third-order valence-electron chi connectivity index (χ3n) is 6.07. The summed E-state index contributed by atoms with van der Waals surface area (Å²) in [6, 6.07) is 6.26. The van der Waals surface area contributed by atoms with Gasteiger partial charge in [-0.2, -0.15) is 0 Å². The number of nitrogens with zero attached hydrogens (tertiary/aromatic N) is 6. The van der Waals surface area contributed by atoms with E-state index < -0.39 is 6.10 Å². The monoisotopic (exact) mass is 442 g/mol. The van der Waals surface area contributed by atoms with Crippen LogP contribution in [0.1, 0.15) is 28.8 Å². The number of thiazole rings is 1. The summed E-state index contributed by atoms with van der Waals surface area (Å²) in [7, 11) is 0. The first-order valence-corrected chi connectivity index (χ1v) is 11.5. The lowest BCUT2D eigenvalue weighted by Crippen LogP contribution is -2.38. The molecule has 0 bridgehead atoms. The topological polar surface area (TPSA) is 108 Å². The summed E-state index contributed by atoms with van der Waals surface area (Å²) < 4.78 is 5.45. The summed E-state index contributed by atoms with van der Waals surface area (Å²) in [5, 5.41) is 34.5. The van der Waals surface area contributed by atoms with E-state index >= 15 is 0 Å². The maximum Gasteiger partial charge on any atom is 0.162 e. The van der Waals surface area contributed by atoms with Crippen LogP contribution >= 0.6 is 11.3 Å². The molecule has 0 spiro atoms. The lowest BCUT2D eigenvalue weighted by Gasteiger charge is -2.35. The van der Waals surface area contributed by atoms with Gasteiger partial charge in [0.1, 0.15) is 16.6 Å². The van der Waals surface area contributed by atoms with Gasteiger partial charge in [-0.3, -0.25) is 0 Å². The number of hydrogen-bond acceptors (Lipinski definition) is 10. The maximum absolute atomic E-state index is 10.9. The van der Waals surface area contributed by atoms with Crippen molar-refractivity contribution < 1.29 is 14.9 Å². The molecule has 10 heteroatoms. The van der Waals surface area contributed by atoms with Crippen LogP contribution in [0.2, 0.25) is 0 Å². The Labute approximate surface area is 184 Å². The number of rotatable bonds is 5. The Kier molecular flexibility index (Phi) is 5.95. The summed E-state index contributed by atoms with van der Waals surface area (Å²) >= 11 is 1.37. The number of hydrogen-bond donors (Lipinski definition) is 2. The van der Waals surface area contributed by atoms with Crippen LogP contribution in [0.25, 0.3) is 10.9 Å². The summed E-state index contributed by atoms with van der Waals surface area (Å²) in [6.07, 6.45) is 2.86. The van der Waals surface area contributed by atoms with Crippen molar-refractivity contribution in [2.45, 2.75) is 25.6 Å². The molecule has 1 aromatic carbocycles. The lowest BCUT2D eigenvalue weighted by atomic mass is 9.92. The Balaban J connectivity index is 1.38. The average molecular weight is 443 g/mol. The molecule has 5 rings (SSSR count). The highest BCUT2D eigenvalue weighted by atomic mass is 32.1. The van der Waals surface area contributed by atoms with E-state index in [1.807, 2.05) is 0 Å². The van der Waals surface area contributed by atoms with Gasteiger partial charge in [0.25, 0.3) is 0 Å². The van der Waals surface area contributed by atoms with Gasteiger partial charge in [-0.1, -0.05) is 0 Å². The van der Waals surface area contributed by atoms with Gasteiger partial charge in [-0.15, -0.1) is 21.5 Å². The molecular formula is C21H26N6O3S. The predicted molar refractivity (Wildman–Crippen MR) is 118 cm³/mol. The Hall–Kier alpha value is -2.40. The number of morpholine rings is 1. The average Bonchev–Trinajstić information content (AvgIpc) is 3.33. The zero-order valence-electron chi connectivity index (χ0n) is 17.2. The second-order valence-corrected chi connectivity index (χ2v) is 9.18. The molecule has 0 aliphatic carbocycles. The molecular weight excluding hydrogens is 416 g/mol. The van der Waals surface area contributed by atoms with Gasteiger partial charge in [-0.05, 0) is 36.3 Å². The summed E-state index contributed by atoms with van der Waals surface area (Å²) in [5.41, 5.74) is 1.95. The quantitative estimate of drug-likeness (QED) is 0.611. The van der Waals surface area contributed by atoms with Crippen LogP contribution in [-0.4, -0.2) is 70.0 Å². The molecule has 9 nitrogen and oxygen atoms in total. The van der Waals surface area contributed by atoms with Crippen LogP contribution < -0.4 is 9.80 Å². The molecule has 2 N–H and O–H groups in total. The molecule has 2 fully saturated rings. The number of aromatic nitrogens is 4. The van der Waals surface area contributed by atoms with Gasteiger partial charge < -0.3 is 24.7 Å². The zero-order chi connectivity index (χ0) is 21.2. The molecule has 2 unspecified atom stereocenters. The Bertz CT molecular complexity index is 1040. The molecule has 2 aliphatic rings. The number of anilines is 2. The molecule has 3 aromatic rings. The van der Waals surface area contributed by atoms with Crippen molar-refractivity contribution in [2.24, 2.45) is 5.92 Å². The molecule has 2 saturated heterocycles. The summed E-state index contributed by atoms with van der Waals surface area (Å²) in [6.45, 7) is 4.71.